The molecule has 0 unspecified atom stereocenters. The molecule has 21 heavy (non-hydrogen) atoms. The fourth-order valence-corrected chi connectivity index (χ4v) is 3.18. The van der Waals surface area contributed by atoms with Gasteiger partial charge in [-0.25, -0.2) is 0 Å². The zero-order valence-corrected chi connectivity index (χ0v) is 13.4. The van der Waals surface area contributed by atoms with Crippen LogP contribution in [0, 0.1) is 5.92 Å². The zero-order chi connectivity index (χ0) is 14.5. The molecule has 0 aromatic heterocycles. The van der Waals surface area contributed by atoms with E-state index in [0.29, 0.717) is 0 Å². The third kappa shape index (κ3) is 4.53. The average Bonchev–Trinajstić information content (AvgIpc) is 3.32. The van der Waals surface area contributed by atoms with Gasteiger partial charge in [-0.3, -0.25) is 4.90 Å². The van der Waals surface area contributed by atoms with Crippen molar-refractivity contribution in [2.45, 2.75) is 32.9 Å². The fraction of sp³-hybridized carbons (Fsp3) is 0.667. The zero-order valence-electron chi connectivity index (χ0n) is 13.4. The molecule has 1 saturated carbocycles. The van der Waals surface area contributed by atoms with Crippen LogP contribution in [0.25, 0.3) is 0 Å². The first kappa shape index (κ1) is 15.0. The molecular weight excluding hydrogens is 258 g/mol. The standard InChI is InChI=1S/C18H29N3/c1-2-19-13-17-5-3-4-6-18(17)15-21-11-9-20(10-12-21)14-16-7-8-16/h3-6,16,19H,2,7-15H2,1H3. The molecule has 0 amide bonds. The van der Waals surface area contributed by atoms with Crippen molar-refractivity contribution in [1.82, 2.24) is 15.1 Å². The third-order valence-electron chi connectivity index (χ3n) is 4.76. The van der Waals surface area contributed by atoms with Crippen LogP contribution >= 0.6 is 0 Å². The van der Waals surface area contributed by atoms with Crippen molar-refractivity contribution in [3.05, 3.63) is 35.4 Å². The Bertz CT molecular complexity index is 434. The van der Waals surface area contributed by atoms with Crippen LogP contribution in [-0.4, -0.2) is 49.1 Å². The lowest BCUT2D eigenvalue weighted by Gasteiger charge is -2.35. The van der Waals surface area contributed by atoms with Gasteiger partial charge in [0.1, 0.15) is 0 Å². The molecule has 2 aliphatic rings. The molecule has 116 valence electrons. The van der Waals surface area contributed by atoms with Gasteiger partial charge in [0.15, 0.2) is 0 Å². The van der Waals surface area contributed by atoms with Crippen LogP contribution in [0.3, 0.4) is 0 Å². The van der Waals surface area contributed by atoms with Crippen molar-refractivity contribution in [3.8, 4) is 0 Å². The van der Waals surface area contributed by atoms with E-state index in [1.165, 1.54) is 56.7 Å². The molecule has 2 fully saturated rings. The van der Waals surface area contributed by atoms with Gasteiger partial charge in [0.05, 0.1) is 0 Å². The monoisotopic (exact) mass is 287 g/mol. The smallest absolute Gasteiger partial charge is 0.0238 e. The van der Waals surface area contributed by atoms with Crippen LogP contribution in [0.2, 0.25) is 0 Å². The lowest BCUT2D eigenvalue weighted by Crippen LogP contribution is -2.46. The second-order valence-electron chi connectivity index (χ2n) is 6.57. The molecule has 3 heteroatoms. The highest BCUT2D eigenvalue weighted by Gasteiger charge is 2.26. The van der Waals surface area contributed by atoms with Crippen LogP contribution in [0.5, 0.6) is 0 Å². The summed E-state index contributed by atoms with van der Waals surface area (Å²) in [5.41, 5.74) is 2.95. The minimum absolute atomic E-state index is 0.994. The maximum absolute atomic E-state index is 3.45. The van der Waals surface area contributed by atoms with Crippen molar-refractivity contribution in [1.29, 1.82) is 0 Å². The minimum atomic E-state index is 0.994. The molecule has 3 rings (SSSR count). The van der Waals surface area contributed by atoms with E-state index in [9.17, 15) is 0 Å². The second kappa shape index (κ2) is 7.39. The summed E-state index contributed by atoms with van der Waals surface area (Å²) in [6.07, 6.45) is 2.94. The first-order valence-corrected chi connectivity index (χ1v) is 8.57. The Morgan fingerprint density at radius 2 is 1.67 bits per heavy atom. The van der Waals surface area contributed by atoms with Gasteiger partial charge in [-0.1, -0.05) is 31.2 Å². The van der Waals surface area contributed by atoms with E-state index in [4.69, 9.17) is 0 Å². The van der Waals surface area contributed by atoms with E-state index in [2.05, 4.69) is 46.3 Å². The number of piperazine rings is 1. The van der Waals surface area contributed by atoms with E-state index in [1.54, 1.807) is 0 Å². The molecule has 1 heterocycles. The van der Waals surface area contributed by atoms with Crippen LogP contribution in [0.1, 0.15) is 30.9 Å². The summed E-state index contributed by atoms with van der Waals surface area (Å²) >= 11 is 0. The Morgan fingerprint density at radius 3 is 2.33 bits per heavy atom. The molecule has 0 atom stereocenters. The Balaban J connectivity index is 1.50. The summed E-state index contributed by atoms with van der Waals surface area (Å²) in [5.74, 6) is 1.03. The molecular formula is C18H29N3. The Kier molecular flexibility index (Phi) is 5.28. The summed E-state index contributed by atoms with van der Waals surface area (Å²) < 4.78 is 0. The van der Waals surface area contributed by atoms with Gasteiger partial charge < -0.3 is 10.2 Å². The van der Waals surface area contributed by atoms with Gasteiger partial charge in [-0.05, 0) is 36.4 Å². The highest BCUT2D eigenvalue weighted by molar-refractivity contribution is 5.27. The molecule has 0 bridgehead atoms. The van der Waals surface area contributed by atoms with Crippen molar-refractivity contribution >= 4 is 0 Å². The largest absolute Gasteiger partial charge is 0.313 e. The lowest BCUT2D eigenvalue weighted by molar-refractivity contribution is 0.123. The van der Waals surface area contributed by atoms with E-state index in [-0.39, 0.29) is 0 Å². The minimum Gasteiger partial charge on any atom is -0.313 e. The Labute approximate surface area is 129 Å². The Hall–Kier alpha value is -0.900. The van der Waals surface area contributed by atoms with Crippen molar-refractivity contribution in [3.63, 3.8) is 0 Å². The summed E-state index contributed by atoms with van der Waals surface area (Å²) in [6, 6.07) is 8.89. The first-order chi connectivity index (χ1) is 10.3. The van der Waals surface area contributed by atoms with Crippen LogP contribution in [-0.2, 0) is 13.1 Å². The summed E-state index contributed by atoms with van der Waals surface area (Å²) in [7, 11) is 0. The lowest BCUT2D eigenvalue weighted by atomic mass is 10.1. The number of nitrogens with one attached hydrogen (secondary N) is 1. The fourth-order valence-electron chi connectivity index (χ4n) is 3.18. The molecule has 1 aliphatic carbocycles. The predicted molar refractivity (Wildman–Crippen MR) is 88.3 cm³/mol. The van der Waals surface area contributed by atoms with Gasteiger partial charge in [-0.2, -0.15) is 0 Å². The summed E-state index contributed by atoms with van der Waals surface area (Å²) in [6.45, 7) is 11.6. The maximum Gasteiger partial charge on any atom is 0.0238 e. The number of benzene rings is 1. The second-order valence-corrected chi connectivity index (χ2v) is 6.57. The summed E-state index contributed by atoms with van der Waals surface area (Å²) in [4.78, 5) is 5.28. The van der Waals surface area contributed by atoms with E-state index >= 15 is 0 Å². The van der Waals surface area contributed by atoms with Crippen molar-refractivity contribution in [2.24, 2.45) is 5.92 Å². The van der Waals surface area contributed by atoms with Gasteiger partial charge >= 0.3 is 0 Å². The molecule has 1 N–H and O–H groups in total. The van der Waals surface area contributed by atoms with Crippen LogP contribution < -0.4 is 5.32 Å². The Morgan fingerprint density at radius 1 is 1.00 bits per heavy atom. The van der Waals surface area contributed by atoms with Gasteiger partial charge in [-0.15, -0.1) is 0 Å². The SMILES string of the molecule is CCNCc1ccccc1CN1CCN(CC2CC2)CC1. The molecule has 3 nitrogen and oxygen atoms in total. The molecule has 1 aromatic carbocycles. The topological polar surface area (TPSA) is 18.5 Å². The van der Waals surface area contributed by atoms with Crippen LogP contribution in [0.4, 0.5) is 0 Å². The molecule has 0 radical (unpaired) electrons. The number of hydrogen-bond donors (Lipinski definition) is 1. The number of nitrogens with zero attached hydrogens (tertiary/aromatic N) is 2. The van der Waals surface area contributed by atoms with E-state index in [0.717, 1.165) is 25.6 Å². The van der Waals surface area contributed by atoms with Gasteiger partial charge in [0.25, 0.3) is 0 Å². The molecule has 1 aliphatic heterocycles. The normalized spacial score (nSPS) is 20.8. The predicted octanol–water partition coefficient (Wildman–Crippen LogP) is 2.32. The molecule has 0 spiro atoms. The average molecular weight is 287 g/mol. The molecule has 1 aromatic rings. The quantitative estimate of drug-likeness (QED) is 0.830. The number of hydrogen-bond acceptors (Lipinski definition) is 3. The number of rotatable bonds is 7. The van der Waals surface area contributed by atoms with Crippen molar-refractivity contribution < 1.29 is 0 Å². The summed E-state index contributed by atoms with van der Waals surface area (Å²) in [5, 5.41) is 3.45. The van der Waals surface area contributed by atoms with Gasteiger partial charge in [0, 0.05) is 45.8 Å². The van der Waals surface area contributed by atoms with E-state index < -0.39 is 0 Å². The van der Waals surface area contributed by atoms with Crippen LogP contribution in [0.15, 0.2) is 24.3 Å². The maximum atomic E-state index is 3.45. The third-order valence-corrected chi connectivity index (χ3v) is 4.76. The molecule has 1 saturated heterocycles. The highest BCUT2D eigenvalue weighted by atomic mass is 15.3. The highest BCUT2D eigenvalue weighted by Crippen LogP contribution is 2.30. The van der Waals surface area contributed by atoms with E-state index in [1.807, 2.05) is 0 Å². The van der Waals surface area contributed by atoms with Gasteiger partial charge in [0.2, 0.25) is 0 Å². The first-order valence-electron chi connectivity index (χ1n) is 8.57. The van der Waals surface area contributed by atoms with Crippen molar-refractivity contribution in [2.75, 3.05) is 39.3 Å².